The minimum absolute atomic E-state index is 0.0956. The molecule has 0 atom stereocenters. The lowest BCUT2D eigenvalue weighted by Gasteiger charge is -2.21. The maximum absolute atomic E-state index is 12.3. The van der Waals surface area contributed by atoms with Crippen molar-refractivity contribution in [1.29, 1.82) is 0 Å². The summed E-state index contributed by atoms with van der Waals surface area (Å²) < 4.78 is 1.50. The molecule has 7 heteroatoms. The molecule has 0 bridgehead atoms. The van der Waals surface area contributed by atoms with E-state index in [2.05, 4.69) is 23.8 Å². The van der Waals surface area contributed by atoms with E-state index in [1.165, 1.54) is 16.3 Å². The van der Waals surface area contributed by atoms with Gasteiger partial charge in [-0.1, -0.05) is 25.6 Å². The van der Waals surface area contributed by atoms with Crippen LogP contribution in [-0.2, 0) is 11.8 Å². The van der Waals surface area contributed by atoms with Gasteiger partial charge in [-0.2, -0.15) is 0 Å². The Balaban J connectivity index is 2.17. The Labute approximate surface area is 140 Å². The van der Waals surface area contributed by atoms with Crippen LogP contribution < -0.4 is 5.56 Å². The number of hydrogen-bond acceptors (Lipinski definition) is 4. The first-order chi connectivity index (χ1) is 11.0. The Morgan fingerprint density at radius 1 is 1.35 bits per heavy atom. The molecule has 6 nitrogen and oxygen atoms in total. The van der Waals surface area contributed by atoms with E-state index < -0.39 is 0 Å². The second kappa shape index (κ2) is 7.68. The smallest absolute Gasteiger partial charge is 0.278 e. The van der Waals surface area contributed by atoms with E-state index >= 15 is 0 Å². The highest BCUT2D eigenvalue weighted by Gasteiger charge is 2.15. The molecule has 0 aromatic carbocycles. The van der Waals surface area contributed by atoms with Gasteiger partial charge in [0.05, 0.1) is 11.3 Å². The second-order valence-electron chi connectivity index (χ2n) is 5.64. The Morgan fingerprint density at radius 3 is 2.61 bits per heavy atom. The molecule has 1 amide bonds. The highest BCUT2D eigenvalue weighted by molar-refractivity contribution is 7.99. The number of aromatic nitrogens is 3. The van der Waals surface area contributed by atoms with E-state index in [-0.39, 0.29) is 11.5 Å². The van der Waals surface area contributed by atoms with Crippen molar-refractivity contribution in [2.24, 2.45) is 7.05 Å². The molecule has 0 radical (unpaired) electrons. The van der Waals surface area contributed by atoms with Crippen LogP contribution in [0.2, 0.25) is 0 Å². The largest absolute Gasteiger partial charge is 0.353 e. The maximum Gasteiger partial charge on any atom is 0.278 e. The number of carbonyl (C=O) groups excluding carboxylic acids is 1. The molecule has 0 fully saturated rings. The van der Waals surface area contributed by atoms with Crippen molar-refractivity contribution in [3.63, 3.8) is 0 Å². The molecule has 126 valence electrons. The molecule has 2 aromatic rings. The zero-order valence-corrected chi connectivity index (χ0v) is 15.0. The van der Waals surface area contributed by atoms with Gasteiger partial charge in [0.1, 0.15) is 5.52 Å². The molecule has 2 heterocycles. The van der Waals surface area contributed by atoms with E-state index in [0.29, 0.717) is 21.9 Å². The number of aromatic amines is 1. The molecule has 23 heavy (non-hydrogen) atoms. The van der Waals surface area contributed by atoms with Crippen LogP contribution in [0.15, 0.2) is 16.0 Å². The summed E-state index contributed by atoms with van der Waals surface area (Å²) >= 11 is 1.32. The number of rotatable bonds is 7. The predicted octanol–water partition coefficient (Wildman–Crippen LogP) is 2.31. The quantitative estimate of drug-likeness (QED) is 0.622. The maximum atomic E-state index is 12.3. The summed E-state index contributed by atoms with van der Waals surface area (Å²) in [5.74, 6) is 0.396. The van der Waals surface area contributed by atoms with Crippen LogP contribution in [0.25, 0.3) is 11.0 Å². The van der Waals surface area contributed by atoms with Crippen LogP contribution in [-0.4, -0.2) is 44.2 Å². The van der Waals surface area contributed by atoms with Gasteiger partial charge in [-0.3, -0.25) is 14.2 Å². The molecular formula is C16H24N4O2S. The van der Waals surface area contributed by atoms with Crippen molar-refractivity contribution in [2.75, 3.05) is 18.8 Å². The number of fused-ring (bicyclic) bond motifs is 1. The van der Waals surface area contributed by atoms with Crippen molar-refractivity contribution in [1.82, 2.24) is 19.4 Å². The fourth-order valence-corrected chi connectivity index (χ4v) is 3.38. The van der Waals surface area contributed by atoms with E-state index in [1.54, 1.807) is 7.05 Å². The fraction of sp³-hybridized carbons (Fsp3) is 0.562. The topological polar surface area (TPSA) is 71.0 Å². The Bertz CT molecular complexity index is 744. The number of amides is 1. The highest BCUT2D eigenvalue weighted by Crippen LogP contribution is 2.18. The van der Waals surface area contributed by atoms with Gasteiger partial charge in [0.2, 0.25) is 5.91 Å². The molecule has 1 N–H and O–H groups in total. The first-order valence-electron chi connectivity index (χ1n) is 7.94. The SMILES string of the molecule is CCCN(CCC)C(=O)CSc1nc2cc(C)[nH]c2c(=O)n1C. The third-order valence-electron chi connectivity index (χ3n) is 3.62. The first-order valence-corrected chi connectivity index (χ1v) is 8.93. The van der Waals surface area contributed by atoms with Crippen molar-refractivity contribution in [3.05, 3.63) is 22.1 Å². The monoisotopic (exact) mass is 336 g/mol. The average Bonchev–Trinajstić information content (AvgIpc) is 2.89. The number of H-pyrrole nitrogens is 1. The molecule has 0 aliphatic rings. The summed E-state index contributed by atoms with van der Waals surface area (Å²) in [7, 11) is 1.69. The number of nitrogens with zero attached hydrogens (tertiary/aromatic N) is 3. The van der Waals surface area contributed by atoms with Gasteiger partial charge in [-0.05, 0) is 25.8 Å². The van der Waals surface area contributed by atoms with Crippen molar-refractivity contribution in [3.8, 4) is 0 Å². The molecule has 0 unspecified atom stereocenters. The Kier molecular flexibility index (Phi) is 5.87. The number of thioether (sulfide) groups is 1. The lowest BCUT2D eigenvalue weighted by atomic mass is 10.3. The summed E-state index contributed by atoms with van der Waals surface area (Å²) in [6.45, 7) is 7.57. The van der Waals surface area contributed by atoms with Gasteiger partial charge in [-0.25, -0.2) is 4.98 Å². The average molecular weight is 336 g/mol. The van der Waals surface area contributed by atoms with E-state index in [0.717, 1.165) is 31.6 Å². The standard InChI is InChI=1S/C16H24N4O2S/c1-5-7-20(8-6-2)13(21)10-23-16-18-12-9-11(3)17-14(12)15(22)19(16)4/h9,17H,5-8,10H2,1-4H3. The number of hydrogen-bond donors (Lipinski definition) is 1. The van der Waals surface area contributed by atoms with Crippen molar-refractivity contribution < 1.29 is 4.79 Å². The molecule has 0 aliphatic heterocycles. The van der Waals surface area contributed by atoms with Gasteiger partial charge >= 0.3 is 0 Å². The lowest BCUT2D eigenvalue weighted by molar-refractivity contribution is -0.128. The molecule has 0 spiro atoms. The second-order valence-corrected chi connectivity index (χ2v) is 6.58. The third-order valence-corrected chi connectivity index (χ3v) is 4.63. The van der Waals surface area contributed by atoms with Gasteiger partial charge in [0.25, 0.3) is 5.56 Å². The van der Waals surface area contributed by atoms with Crippen LogP contribution in [0, 0.1) is 6.92 Å². The summed E-state index contributed by atoms with van der Waals surface area (Å²) in [5, 5.41) is 0.572. The zero-order valence-electron chi connectivity index (χ0n) is 14.2. The summed E-state index contributed by atoms with van der Waals surface area (Å²) in [6.07, 6.45) is 1.89. The van der Waals surface area contributed by atoms with Crippen LogP contribution >= 0.6 is 11.8 Å². The molecule has 2 rings (SSSR count). The molecule has 0 aliphatic carbocycles. The summed E-state index contributed by atoms with van der Waals surface area (Å²) in [5.41, 5.74) is 1.95. The van der Waals surface area contributed by atoms with Crippen LogP contribution in [0.1, 0.15) is 32.4 Å². The van der Waals surface area contributed by atoms with Crippen LogP contribution in [0.3, 0.4) is 0 Å². The van der Waals surface area contributed by atoms with Crippen molar-refractivity contribution >= 4 is 28.7 Å². The van der Waals surface area contributed by atoms with Crippen LogP contribution in [0.4, 0.5) is 0 Å². The Hall–Kier alpha value is -1.76. The summed E-state index contributed by atoms with van der Waals surface area (Å²) in [4.78, 5) is 34.1. The molecule has 0 saturated heterocycles. The van der Waals surface area contributed by atoms with Gasteiger partial charge in [-0.15, -0.1) is 0 Å². The third kappa shape index (κ3) is 3.96. The van der Waals surface area contributed by atoms with E-state index in [9.17, 15) is 9.59 Å². The van der Waals surface area contributed by atoms with Crippen molar-refractivity contribution in [2.45, 2.75) is 38.8 Å². The molecular weight excluding hydrogens is 312 g/mol. The zero-order chi connectivity index (χ0) is 17.0. The van der Waals surface area contributed by atoms with E-state index in [4.69, 9.17) is 0 Å². The number of nitrogens with one attached hydrogen (secondary N) is 1. The summed E-state index contributed by atoms with van der Waals surface area (Å²) in [6, 6.07) is 1.85. The fourth-order valence-electron chi connectivity index (χ4n) is 2.51. The minimum atomic E-state index is -0.114. The normalized spacial score (nSPS) is 11.1. The molecule has 0 saturated carbocycles. The van der Waals surface area contributed by atoms with Gasteiger partial charge in [0, 0.05) is 25.8 Å². The van der Waals surface area contributed by atoms with Crippen LogP contribution in [0.5, 0.6) is 0 Å². The number of aryl methyl sites for hydroxylation is 1. The van der Waals surface area contributed by atoms with Gasteiger partial charge < -0.3 is 9.88 Å². The molecule has 2 aromatic heterocycles. The predicted molar refractivity (Wildman–Crippen MR) is 94.0 cm³/mol. The van der Waals surface area contributed by atoms with Gasteiger partial charge in [0.15, 0.2) is 5.16 Å². The number of carbonyl (C=O) groups is 1. The highest BCUT2D eigenvalue weighted by atomic mass is 32.2. The lowest BCUT2D eigenvalue weighted by Crippen LogP contribution is -2.34. The first kappa shape index (κ1) is 17.6. The van der Waals surface area contributed by atoms with E-state index in [1.807, 2.05) is 17.9 Å². The minimum Gasteiger partial charge on any atom is -0.353 e. The Morgan fingerprint density at radius 2 is 2.00 bits per heavy atom.